The molecule has 2 N–H and O–H groups in total. The molecule has 0 aliphatic rings. The van der Waals surface area contributed by atoms with Crippen molar-refractivity contribution < 1.29 is 14.0 Å². The molecule has 126 valence electrons. The highest BCUT2D eigenvalue weighted by atomic mass is 19.1. The van der Waals surface area contributed by atoms with Crippen molar-refractivity contribution in [2.24, 2.45) is 5.73 Å². The Morgan fingerprint density at radius 1 is 1.12 bits per heavy atom. The molecule has 2 aromatic carbocycles. The number of nitrogens with two attached hydrogens (primary N) is 1. The van der Waals surface area contributed by atoms with Gasteiger partial charge in [0.25, 0.3) is 0 Å². The predicted molar refractivity (Wildman–Crippen MR) is 93.9 cm³/mol. The van der Waals surface area contributed by atoms with E-state index in [-0.39, 0.29) is 17.8 Å². The number of primary amides is 1. The van der Waals surface area contributed by atoms with Gasteiger partial charge in [-0.15, -0.1) is 0 Å². The summed E-state index contributed by atoms with van der Waals surface area (Å²) < 4.78 is 14.0. The van der Waals surface area contributed by atoms with Gasteiger partial charge in [0.2, 0.25) is 5.91 Å². The van der Waals surface area contributed by atoms with Gasteiger partial charge in [0, 0.05) is 18.0 Å². The van der Waals surface area contributed by atoms with Crippen LogP contribution in [0.2, 0.25) is 0 Å². The number of halogens is 1. The zero-order valence-electron chi connectivity index (χ0n) is 13.8. The summed E-state index contributed by atoms with van der Waals surface area (Å²) in [5.74, 6) is -1.25. The van der Waals surface area contributed by atoms with Crippen molar-refractivity contribution in [1.29, 1.82) is 0 Å². The van der Waals surface area contributed by atoms with E-state index in [2.05, 4.69) is 4.98 Å². The summed E-state index contributed by atoms with van der Waals surface area (Å²) in [5, 5.41) is 1.81. The molecule has 3 aromatic rings. The van der Waals surface area contributed by atoms with Crippen molar-refractivity contribution >= 4 is 22.5 Å². The normalized spacial score (nSPS) is 10.8. The van der Waals surface area contributed by atoms with E-state index in [9.17, 15) is 14.0 Å². The zero-order valence-corrected chi connectivity index (χ0v) is 13.8. The maximum absolute atomic E-state index is 14.0. The van der Waals surface area contributed by atoms with Gasteiger partial charge in [0.1, 0.15) is 5.82 Å². The van der Waals surface area contributed by atoms with Gasteiger partial charge in [-0.3, -0.25) is 14.6 Å². The Balaban J connectivity index is 2.01. The van der Waals surface area contributed by atoms with E-state index in [4.69, 9.17) is 5.73 Å². The van der Waals surface area contributed by atoms with Crippen LogP contribution in [0.15, 0.2) is 48.7 Å². The molecule has 1 amide bonds. The predicted octanol–water partition coefficient (Wildman–Crippen LogP) is 3.20. The highest BCUT2D eigenvalue weighted by Gasteiger charge is 2.12. The van der Waals surface area contributed by atoms with Crippen LogP contribution in [0, 0.1) is 5.82 Å². The van der Waals surface area contributed by atoms with Gasteiger partial charge in [0.05, 0.1) is 17.7 Å². The molecular formula is C20H17FN2O2. The van der Waals surface area contributed by atoms with Gasteiger partial charge >= 0.3 is 0 Å². The lowest BCUT2D eigenvalue weighted by molar-refractivity contribution is -0.117. The Morgan fingerprint density at radius 2 is 1.84 bits per heavy atom. The Morgan fingerprint density at radius 3 is 2.48 bits per heavy atom. The number of carbonyl (C=O) groups excluding carboxylic acids is 2. The van der Waals surface area contributed by atoms with Crippen molar-refractivity contribution in [2.45, 2.75) is 19.8 Å². The lowest BCUT2D eigenvalue weighted by Gasteiger charge is -2.10. The Labute approximate surface area is 144 Å². The summed E-state index contributed by atoms with van der Waals surface area (Å²) in [6.07, 6.45) is 2.19. The summed E-state index contributed by atoms with van der Waals surface area (Å²) >= 11 is 0. The second-order valence-electron chi connectivity index (χ2n) is 5.97. The molecular weight excluding hydrogens is 319 g/mol. The molecule has 0 aliphatic heterocycles. The minimum Gasteiger partial charge on any atom is -0.369 e. The zero-order chi connectivity index (χ0) is 18.0. The van der Waals surface area contributed by atoms with E-state index in [1.54, 1.807) is 12.3 Å². The Kier molecular flexibility index (Phi) is 4.57. The van der Waals surface area contributed by atoms with E-state index in [0.717, 1.165) is 27.6 Å². The first kappa shape index (κ1) is 16.8. The number of amides is 1. The molecule has 0 unspecified atom stereocenters. The van der Waals surface area contributed by atoms with Crippen LogP contribution in [0.3, 0.4) is 0 Å². The molecule has 0 spiro atoms. The summed E-state index contributed by atoms with van der Waals surface area (Å²) in [6, 6.07) is 12.2. The SMILES string of the molecule is CC(=O)c1ccc(Cc2ncc(CC(N)=O)c3ccccc23)cc1F. The average molecular weight is 336 g/mol. The van der Waals surface area contributed by atoms with Crippen LogP contribution in [0.5, 0.6) is 0 Å². The molecule has 0 saturated carbocycles. The Bertz CT molecular complexity index is 983. The van der Waals surface area contributed by atoms with Crippen molar-refractivity contribution in [3.05, 3.63) is 76.9 Å². The first-order chi connectivity index (χ1) is 12.0. The summed E-state index contributed by atoms with van der Waals surface area (Å²) in [4.78, 5) is 27.0. The van der Waals surface area contributed by atoms with Crippen LogP contribution >= 0.6 is 0 Å². The maximum Gasteiger partial charge on any atom is 0.221 e. The number of carbonyl (C=O) groups is 2. The van der Waals surface area contributed by atoms with Gasteiger partial charge in [-0.05, 0) is 35.6 Å². The third-order valence-corrected chi connectivity index (χ3v) is 4.11. The fourth-order valence-electron chi connectivity index (χ4n) is 2.93. The van der Waals surface area contributed by atoms with Gasteiger partial charge in [0.15, 0.2) is 5.78 Å². The maximum atomic E-state index is 14.0. The van der Waals surface area contributed by atoms with E-state index in [0.29, 0.717) is 6.42 Å². The third-order valence-electron chi connectivity index (χ3n) is 4.11. The summed E-state index contributed by atoms with van der Waals surface area (Å²) in [5.41, 5.74) is 7.65. The number of hydrogen-bond donors (Lipinski definition) is 1. The highest BCUT2D eigenvalue weighted by Crippen LogP contribution is 2.24. The first-order valence-corrected chi connectivity index (χ1v) is 7.89. The number of Topliss-reactive ketones (excluding diaryl/α,β-unsaturated/α-hetero) is 1. The van der Waals surface area contributed by atoms with Crippen LogP contribution < -0.4 is 5.73 Å². The number of hydrogen-bond acceptors (Lipinski definition) is 3. The highest BCUT2D eigenvalue weighted by molar-refractivity contribution is 5.94. The molecule has 1 heterocycles. The van der Waals surface area contributed by atoms with E-state index in [1.807, 2.05) is 24.3 Å². The van der Waals surface area contributed by atoms with E-state index < -0.39 is 11.7 Å². The van der Waals surface area contributed by atoms with Crippen LogP contribution in [-0.2, 0) is 17.6 Å². The van der Waals surface area contributed by atoms with Crippen molar-refractivity contribution in [1.82, 2.24) is 4.98 Å². The molecule has 0 aliphatic carbocycles. The topological polar surface area (TPSA) is 73.1 Å². The molecule has 4 nitrogen and oxygen atoms in total. The molecule has 0 saturated heterocycles. The molecule has 5 heteroatoms. The fraction of sp³-hybridized carbons (Fsp3) is 0.150. The second-order valence-corrected chi connectivity index (χ2v) is 5.97. The fourth-order valence-corrected chi connectivity index (χ4v) is 2.93. The molecule has 3 rings (SSSR count). The van der Waals surface area contributed by atoms with Crippen LogP contribution in [0.1, 0.15) is 34.1 Å². The van der Waals surface area contributed by atoms with Crippen molar-refractivity contribution in [2.75, 3.05) is 0 Å². The van der Waals surface area contributed by atoms with Gasteiger partial charge in [-0.25, -0.2) is 4.39 Å². The van der Waals surface area contributed by atoms with Gasteiger partial charge < -0.3 is 5.73 Å². The number of pyridine rings is 1. The number of rotatable bonds is 5. The number of benzene rings is 2. The largest absolute Gasteiger partial charge is 0.369 e. The van der Waals surface area contributed by atoms with Crippen molar-refractivity contribution in [3.63, 3.8) is 0 Å². The minimum absolute atomic E-state index is 0.0818. The molecule has 0 bridgehead atoms. The smallest absolute Gasteiger partial charge is 0.221 e. The summed E-state index contributed by atoms with van der Waals surface area (Å²) in [6.45, 7) is 1.34. The van der Waals surface area contributed by atoms with E-state index >= 15 is 0 Å². The second kappa shape index (κ2) is 6.81. The van der Waals surface area contributed by atoms with Gasteiger partial charge in [-0.1, -0.05) is 30.3 Å². The quantitative estimate of drug-likeness (QED) is 0.727. The number of aromatic nitrogens is 1. The lowest BCUT2D eigenvalue weighted by Crippen LogP contribution is -2.14. The average Bonchev–Trinajstić information content (AvgIpc) is 2.56. The first-order valence-electron chi connectivity index (χ1n) is 7.89. The molecule has 25 heavy (non-hydrogen) atoms. The van der Waals surface area contributed by atoms with Crippen LogP contribution in [0.4, 0.5) is 4.39 Å². The number of ketones is 1. The number of nitrogens with zero attached hydrogens (tertiary/aromatic N) is 1. The number of fused-ring (bicyclic) bond motifs is 1. The standard InChI is InChI=1S/C20H17FN2O2/c1-12(24)15-7-6-13(8-18(15)21)9-19-17-5-3-2-4-16(17)14(11-23-19)10-20(22)25/h2-8,11H,9-10H2,1H3,(H2,22,25). The third kappa shape index (κ3) is 3.55. The lowest BCUT2D eigenvalue weighted by atomic mass is 9.98. The summed E-state index contributed by atoms with van der Waals surface area (Å²) in [7, 11) is 0. The monoisotopic (exact) mass is 336 g/mol. The van der Waals surface area contributed by atoms with E-state index in [1.165, 1.54) is 19.1 Å². The molecule has 1 aromatic heterocycles. The van der Waals surface area contributed by atoms with Crippen molar-refractivity contribution in [3.8, 4) is 0 Å². The molecule has 0 radical (unpaired) electrons. The Hall–Kier alpha value is -3.08. The van der Waals surface area contributed by atoms with Gasteiger partial charge in [-0.2, -0.15) is 0 Å². The minimum atomic E-state index is -0.528. The van der Waals surface area contributed by atoms with Crippen LogP contribution in [0.25, 0.3) is 10.8 Å². The van der Waals surface area contributed by atoms with Crippen LogP contribution in [-0.4, -0.2) is 16.7 Å². The molecule has 0 atom stereocenters. The molecule has 0 fully saturated rings.